The average Bonchev–Trinajstić information content (AvgIpc) is 3.41. The van der Waals surface area contributed by atoms with Gasteiger partial charge in [-0.05, 0) is 50.5 Å². The molecule has 6 nitrogen and oxygen atoms in total. The first-order valence-corrected chi connectivity index (χ1v) is 10.9. The SMILES string of the molecule is Cc1nn(Cc2ccccc2Cl)c(C)c1C(=O)Nc1ccc2c(c1)OC1(CCCC1)O2. The maximum Gasteiger partial charge on any atom is 0.259 e. The fraction of sp³-hybridized carbons (Fsp3) is 0.333. The molecular formula is C24H24ClN3O3. The van der Waals surface area contributed by atoms with Crippen molar-refractivity contribution in [2.75, 3.05) is 5.32 Å². The van der Waals surface area contributed by atoms with Crippen LogP contribution >= 0.6 is 11.6 Å². The molecule has 1 spiro atoms. The Bertz CT molecular complexity index is 1160. The maximum atomic E-state index is 13.1. The number of aromatic nitrogens is 2. The number of halogens is 1. The van der Waals surface area contributed by atoms with Gasteiger partial charge in [-0.1, -0.05) is 29.8 Å². The van der Waals surface area contributed by atoms with Crippen LogP contribution < -0.4 is 14.8 Å². The highest BCUT2D eigenvalue weighted by molar-refractivity contribution is 6.31. The molecule has 0 unspecified atom stereocenters. The second kappa shape index (κ2) is 7.61. The summed E-state index contributed by atoms with van der Waals surface area (Å²) < 4.78 is 14.0. The Morgan fingerprint density at radius 2 is 1.87 bits per heavy atom. The molecular weight excluding hydrogens is 414 g/mol. The molecule has 1 N–H and O–H groups in total. The molecule has 7 heteroatoms. The van der Waals surface area contributed by atoms with Crippen LogP contribution in [0.5, 0.6) is 11.5 Å². The lowest BCUT2D eigenvalue weighted by Crippen LogP contribution is -2.34. The topological polar surface area (TPSA) is 65.4 Å². The molecule has 2 heterocycles. The first kappa shape index (κ1) is 19.9. The highest BCUT2D eigenvalue weighted by Gasteiger charge is 2.44. The second-order valence-corrected chi connectivity index (χ2v) is 8.64. The number of aryl methyl sites for hydroxylation is 1. The van der Waals surface area contributed by atoms with Gasteiger partial charge in [0.05, 0.1) is 17.8 Å². The zero-order valence-corrected chi connectivity index (χ0v) is 18.3. The zero-order chi connectivity index (χ0) is 21.6. The van der Waals surface area contributed by atoms with E-state index in [0.29, 0.717) is 34.3 Å². The van der Waals surface area contributed by atoms with Crippen LogP contribution in [0.3, 0.4) is 0 Å². The van der Waals surface area contributed by atoms with Gasteiger partial charge in [0.15, 0.2) is 11.5 Å². The van der Waals surface area contributed by atoms with Gasteiger partial charge in [-0.2, -0.15) is 5.10 Å². The van der Waals surface area contributed by atoms with Gasteiger partial charge in [0, 0.05) is 35.3 Å². The molecule has 0 saturated heterocycles. The van der Waals surface area contributed by atoms with Gasteiger partial charge in [0.25, 0.3) is 11.7 Å². The maximum absolute atomic E-state index is 13.1. The summed E-state index contributed by atoms with van der Waals surface area (Å²) >= 11 is 6.29. The number of amides is 1. The Hall–Kier alpha value is -2.99. The number of nitrogens with one attached hydrogen (secondary N) is 1. The van der Waals surface area contributed by atoms with E-state index in [1.807, 2.05) is 61.0 Å². The van der Waals surface area contributed by atoms with Crippen molar-refractivity contribution in [2.24, 2.45) is 0 Å². The van der Waals surface area contributed by atoms with Crippen molar-refractivity contribution in [3.8, 4) is 11.5 Å². The van der Waals surface area contributed by atoms with Gasteiger partial charge in [-0.15, -0.1) is 0 Å². The van der Waals surface area contributed by atoms with E-state index < -0.39 is 5.79 Å². The van der Waals surface area contributed by atoms with Crippen molar-refractivity contribution in [1.29, 1.82) is 0 Å². The van der Waals surface area contributed by atoms with E-state index >= 15 is 0 Å². The van der Waals surface area contributed by atoms with Crippen LogP contribution in [0, 0.1) is 13.8 Å². The van der Waals surface area contributed by atoms with E-state index in [0.717, 1.165) is 42.7 Å². The van der Waals surface area contributed by atoms with Crippen molar-refractivity contribution in [2.45, 2.75) is 51.9 Å². The molecule has 0 radical (unpaired) electrons. The molecule has 160 valence electrons. The standard InChI is InChI=1S/C24H24ClN3O3/c1-15-22(16(2)28(27-15)14-17-7-3-4-8-19(17)25)23(29)26-18-9-10-20-21(13-18)31-24(30-20)11-5-6-12-24/h3-4,7-10,13H,5-6,11-12,14H2,1-2H3,(H,26,29). The molecule has 3 aromatic rings. The summed E-state index contributed by atoms with van der Waals surface area (Å²) in [7, 11) is 0. The van der Waals surface area contributed by atoms with E-state index in [2.05, 4.69) is 10.4 Å². The third kappa shape index (κ3) is 3.65. The Morgan fingerprint density at radius 1 is 1.13 bits per heavy atom. The van der Waals surface area contributed by atoms with Gasteiger partial charge in [-0.3, -0.25) is 9.48 Å². The Morgan fingerprint density at radius 3 is 2.65 bits per heavy atom. The molecule has 1 fully saturated rings. The fourth-order valence-corrected chi connectivity index (χ4v) is 4.65. The fourth-order valence-electron chi connectivity index (χ4n) is 4.45. The normalized spacial score (nSPS) is 16.1. The van der Waals surface area contributed by atoms with E-state index in [1.54, 1.807) is 0 Å². The summed E-state index contributed by atoms with van der Waals surface area (Å²) in [6.07, 6.45) is 4.00. The van der Waals surface area contributed by atoms with Crippen molar-refractivity contribution in [3.05, 3.63) is 70.0 Å². The van der Waals surface area contributed by atoms with Crippen LogP contribution in [0.15, 0.2) is 42.5 Å². The van der Waals surface area contributed by atoms with Gasteiger partial charge in [-0.25, -0.2) is 0 Å². The quantitative estimate of drug-likeness (QED) is 0.585. The first-order valence-electron chi connectivity index (χ1n) is 10.5. The number of carbonyl (C=O) groups excluding carboxylic acids is 1. The summed E-state index contributed by atoms with van der Waals surface area (Å²) in [5.74, 6) is 0.704. The minimum absolute atomic E-state index is 0.199. The minimum Gasteiger partial charge on any atom is -0.448 e. The molecule has 0 atom stereocenters. The highest BCUT2D eigenvalue weighted by Crippen LogP contribution is 2.47. The number of hydrogen-bond donors (Lipinski definition) is 1. The third-order valence-electron chi connectivity index (χ3n) is 6.05. The number of carbonyl (C=O) groups is 1. The Kier molecular flexibility index (Phi) is 4.89. The molecule has 0 bridgehead atoms. The number of benzene rings is 2. The number of nitrogens with zero attached hydrogens (tertiary/aromatic N) is 2. The van der Waals surface area contributed by atoms with E-state index in [4.69, 9.17) is 21.1 Å². The van der Waals surface area contributed by atoms with Crippen LogP contribution in [0.4, 0.5) is 5.69 Å². The molecule has 5 rings (SSSR count). The smallest absolute Gasteiger partial charge is 0.259 e. The molecule has 1 aliphatic heterocycles. The lowest BCUT2D eigenvalue weighted by molar-refractivity contribution is -0.0716. The molecule has 1 aliphatic carbocycles. The van der Waals surface area contributed by atoms with Crippen LogP contribution in [-0.4, -0.2) is 21.5 Å². The summed E-state index contributed by atoms with van der Waals surface area (Å²) in [4.78, 5) is 13.1. The number of hydrogen-bond acceptors (Lipinski definition) is 4. The van der Waals surface area contributed by atoms with Gasteiger partial charge >= 0.3 is 0 Å². The largest absolute Gasteiger partial charge is 0.448 e. The summed E-state index contributed by atoms with van der Waals surface area (Å²) in [5, 5.41) is 8.23. The van der Waals surface area contributed by atoms with E-state index in [-0.39, 0.29) is 5.91 Å². The van der Waals surface area contributed by atoms with Crippen molar-refractivity contribution >= 4 is 23.2 Å². The van der Waals surface area contributed by atoms with E-state index in [1.165, 1.54) is 0 Å². The summed E-state index contributed by atoms with van der Waals surface area (Å²) in [6, 6.07) is 13.2. The molecule has 2 aliphatic rings. The van der Waals surface area contributed by atoms with Crippen LogP contribution in [0.25, 0.3) is 0 Å². The third-order valence-corrected chi connectivity index (χ3v) is 6.41. The van der Waals surface area contributed by atoms with Crippen molar-refractivity contribution < 1.29 is 14.3 Å². The van der Waals surface area contributed by atoms with Crippen molar-refractivity contribution in [1.82, 2.24) is 9.78 Å². The molecule has 1 saturated carbocycles. The molecule has 31 heavy (non-hydrogen) atoms. The first-order chi connectivity index (χ1) is 14.9. The van der Waals surface area contributed by atoms with Crippen LogP contribution in [-0.2, 0) is 6.54 Å². The predicted octanol–water partition coefficient (Wildman–Crippen LogP) is 5.50. The Balaban J connectivity index is 1.35. The highest BCUT2D eigenvalue weighted by atomic mass is 35.5. The van der Waals surface area contributed by atoms with Crippen molar-refractivity contribution in [3.63, 3.8) is 0 Å². The number of anilines is 1. The average molecular weight is 438 g/mol. The molecule has 2 aromatic carbocycles. The summed E-state index contributed by atoms with van der Waals surface area (Å²) in [6.45, 7) is 4.25. The number of rotatable bonds is 4. The van der Waals surface area contributed by atoms with Crippen LogP contribution in [0.2, 0.25) is 5.02 Å². The van der Waals surface area contributed by atoms with Gasteiger partial charge < -0.3 is 14.8 Å². The lowest BCUT2D eigenvalue weighted by atomic mass is 10.1. The van der Waals surface area contributed by atoms with Gasteiger partial charge in [0.2, 0.25) is 0 Å². The summed E-state index contributed by atoms with van der Waals surface area (Å²) in [5.41, 5.74) is 3.66. The van der Waals surface area contributed by atoms with Gasteiger partial charge in [0.1, 0.15) is 0 Å². The molecule has 1 aromatic heterocycles. The molecule has 1 amide bonds. The zero-order valence-electron chi connectivity index (χ0n) is 17.6. The number of fused-ring (bicyclic) bond motifs is 1. The van der Waals surface area contributed by atoms with E-state index in [9.17, 15) is 4.79 Å². The second-order valence-electron chi connectivity index (χ2n) is 8.23. The van der Waals surface area contributed by atoms with Crippen LogP contribution in [0.1, 0.15) is 53.0 Å². The predicted molar refractivity (Wildman–Crippen MR) is 119 cm³/mol. The minimum atomic E-state index is -0.516. The lowest BCUT2D eigenvalue weighted by Gasteiger charge is -2.21. The number of ether oxygens (including phenoxy) is 2. The monoisotopic (exact) mass is 437 g/mol. The Labute approximate surface area is 186 Å².